The van der Waals surface area contributed by atoms with Crippen LogP contribution in [0.25, 0.3) is 10.8 Å². The second kappa shape index (κ2) is 10.7. The van der Waals surface area contributed by atoms with E-state index in [2.05, 4.69) is 35.2 Å². The Morgan fingerprint density at radius 2 is 1.49 bits per heavy atom. The predicted octanol–water partition coefficient (Wildman–Crippen LogP) is 4.96. The number of hydrogen-bond acceptors (Lipinski definition) is 6. The molecule has 0 atom stereocenters. The van der Waals surface area contributed by atoms with Crippen molar-refractivity contribution < 1.29 is 9.53 Å². The number of esters is 1. The van der Waals surface area contributed by atoms with Crippen LogP contribution in [-0.2, 0) is 9.53 Å². The monoisotopic (exact) mass is 473 g/mol. The highest BCUT2D eigenvalue weighted by atomic mass is 16.5. The van der Waals surface area contributed by atoms with E-state index in [0.717, 1.165) is 35.5 Å². The second-order valence-electron chi connectivity index (χ2n) is 8.95. The fraction of sp³-hybridized carbons (Fsp3) is 0.357. The molecule has 1 heterocycles. The quantitative estimate of drug-likeness (QED) is 0.218. The zero-order chi connectivity index (χ0) is 24.9. The summed E-state index contributed by atoms with van der Waals surface area (Å²) in [5, 5.41) is 8.86. The van der Waals surface area contributed by atoms with E-state index in [1.807, 2.05) is 63.4 Å². The fourth-order valence-electron chi connectivity index (χ4n) is 4.66. The van der Waals surface area contributed by atoms with Gasteiger partial charge in [0.25, 0.3) is 0 Å². The summed E-state index contributed by atoms with van der Waals surface area (Å²) < 4.78 is 5.40. The van der Waals surface area contributed by atoms with Gasteiger partial charge in [0, 0.05) is 57.7 Å². The lowest BCUT2D eigenvalue weighted by Crippen LogP contribution is -2.37. The van der Waals surface area contributed by atoms with Gasteiger partial charge in [-0.3, -0.25) is 5.01 Å². The Kier molecular flexibility index (Phi) is 7.44. The van der Waals surface area contributed by atoms with E-state index in [1.165, 1.54) is 23.9 Å². The summed E-state index contributed by atoms with van der Waals surface area (Å²) in [5.74, 6) is -0.246. The molecule has 0 amide bonds. The Morgan fingerprint density at radius 1 is 0.857 bits per heavy atom. The Morgan fingerprint density at radius 3 is 2.14 bits per heavy atom. The maximum atomic E-state index is 13.1. The molecule has 0 spiro atoms. The zero-order valence-electron chi connectivity index (χ0n) is 21.4. The number of carbonyl (C=O) groups excluding carboxylic acids is 1. The number of anilines is 4. The van der Waals surface area contributed by atoms with E-state index in [1.54, 1.807) is 16.8 Å². The molecule has 0 N–H and O–H groups in total. The number of carbonyl (C=O) groups is 1. The van der Waals surface area contributed by atoms with Crippen molar-refractivity contribution in [2.75, 3.05) is 67.6 Å². The van der Waals surface area contributed by atoms with Crippen LogP contribution in [0.5, 0.6) is 0 Å². The average molecular weight is 474 g/mol. The number of ether oxygens (including phenoxy) is 1. The van der Waals surface area contributed by atoms with Gasteiger partial charge in [0.1, 0.15) is 0 Å². The van der Waals surface area contributed by atoms with Crippen molar-refractivity contribution in [2.24, 2.45) is 5.10 Å². The molecule has 3 aromatic carbocycles. The first-order valence-corrected chi connectivity index (χ1v) is 12.2. The van der Waals surface area contributed by atoms with Crippen molar-refractivity contribution in [3.63, 3.8) is 0 Å². The molecule has 3 aromatic rings. The zero-order valence-corrected chi connectivity index (χ0v) is 21.4. The number of rotatable bonds is 6. The fourth-order valence-corrected chi connectivity index (χ4v) is 4.66. The van der Waals surface area contributed by atoms with E-state index in [-0.39, 0.29) is 12.4 Å². The molecular formula is C28H35N5O2. The molecule has 0 radical (unpaired) electrons. The first-order valence-electron chi connectivity index (χ1n) is 12.2. The van der Waals surface area contributed by atoms with Crippen molar-refractivity contribution >= 4 is 45.3 Å². The second-order valence-corrected chi connectivity index (χ2v) is 8.95. The van der Waals surface area contributed by atoms with Crippen molar-refractivity contribution in [1.29, 1.82) is 0 Å². The van der Waals surface area contributed by atoms with Gasteiger partial charge < -0.3 is 19.4 Å². The molecule has 0 saturated carbocycles. The van der Waals surface area contributed by atoms with Gasteiger partial charge in [-0.1, -0.05) is 36.4 Å². The molecule has 1 fully saturated rings. The van der Waals surface area contributed by atoms with Gasteiger partial charge in [-0.05, 0) is 44.0 Å². The molecule has 0 aromatic heterocycles. The highest BCUT2D eigenvalue weighted by Crippen LogP contribution is 2.35. The molecule has 0 aliphatic carbocycles. The Bertz CT molecular complexity index is 1220. The first-order chi connectivity index (χ1) is 16.9. The SMILES string of the molecule is CCOC(=O)/C(=N\N(C)c1ccc(N2CCCC2)c2ccccc12)N(C)c1ccccc1N(C)C. The lowest BCUT2D eigenvalue weighted by atomic mass is 10.1. The third-order valence-electron chi connectivity index (χ3n) is 6.42. The van der Waals surface area contributed by atoms with Crippen LogP contribution >= 0.6 is 0 Å². The van der Waals surface area contributed by atoms with E-state index >= 15 is 0 Å². The number of benzene rings is 3. The summed E-state index contributed by atoms with van der Waals surface area (Å²) in [5.41, 5.74) is 4.03. The number of fused-ring (bicyclic) bond motifs is 1. The van der Waals surface area contributed by atoms with Gasteiger partial charge >= 0.3 is 5.97 Å². The number of nitrogens with zero attached hydrogens (tertiary/aromatic N) is 5. The van der Waals surface area contributed by atoms with Crippen LogP contribution < -0.4 is 19.7 Å². The van der Waals surface area contributed by atoms with Crippen LogP contribution in [0.2, 0.25) is 0 Å². The van der Waals surface area contributed by atoms with Crippen LogP contribution in [0.1, 0.15) is 19.8 Å². The highest BCUT2D eigenvalue weighted by molar-refractivity contribution is 6.41. The van der Waals surface area contributed by atoms with Crippen LogP contribution in [0.3, 0.4) is 0 Å². The number of hydrogen-bond donors (Lipinski definition) is 0. The maximum absolute atomic E-state index is 13.1. The molecule has 4 rings (SSSR count). The van der Waals surface area contributed by atoms with Crippen molar-refractivity contribution in [2.45, 2.75) is 19.8 Å². The minimum Gasteiger partial charge on any atom is -0.460 e. The van der Waals surface area contributed by atoms with E-state index in [0.29, 0.717) is 0 Å². The smallest absolute Gasteiger partial charge is 0.376 e. The number of likely N-dealkylation sites (N-methyl/N-ethyl adjacent to an activating group) is 1. The van der Waals surface area contributed by atoms with Crippen LogP contribution in [0, 0.1) is 0 Å². The van der Waals surface area contributed by atoms with Crippen molar-refractivity contribution in [1.82, 2.24) is 0 Å². The predicted molar refractivity (Wildman–Crippen MR) is 147 cm³/mol. The summed E-state index contributed by atoms with van der Waals surface area (Å²) in [6.45, 7) is 4.25. The summed E-state index contributed by atoms with van der Waals surface area (Å²) in [7, 11) is 7.69. The summed E-state index contributed by atoms with van der Waals surface area (Å²) >= 11 is 0. The van der Waals surface area contributed by atoms with Gasteiger partial charge in [0.15, 0.2) is 0 Å². The molecule has 1 aliphatic rings. The largest absolute Gasteiger partial charge is 0.460 e. The van der Waals surface area contributed by atoms with Gasteiger partial charge in [0.05, 0.1) is 23.7 Å². The Labute approximate surface area is 208 Å². The Balaban J connectivity index is 1.77. The van der Waals surface area contributed by atoms with Gasteiger partial charge in [-0.25, -0.2) is 4.79 Å². The van der Waals surface area contributed by atoms with Crippen LogP contribution in [0.15, 0.2) is 65.8 Å². The van der Waals surface area contributed by atoms with Crippen molar-refractivity contribution in [3.8, 4) is 0 Å². The summed E-state index contributed by atoms with van der Waals surface area (Å²) in [6.07, 6.45) is 2.45. The maximum Gasteiger partial charge on any atom is 0.376 e. The third kappa shape index (κ3) is 5.04. The first kappa shape index (κ1) is 24.4. The molecule has 0 unspecified atom stereocenters. The minimum atomic E-state index is -0.464. The molecule has 184 valence electrons. The normalized spacial score (nSPS) is 13.7. The van der Waals surface area contributed by atoms with E-state index < -0.39 is 5.97 Å². The number of hydrazone groups is 1. The third-order valence-corrected chi connectivity index (χ3v) is 6.42. The molecular weight excluding hydrogens is 438 g/mol. The molecule has 7 heteroatoms. The molecule has 1 saturated heterocycles. The number of amidine groups is 1. The van der Waals surface area contributed by atoms with Gasteiger partial charge in [-0.15, -0.1) is 5.10 Å². The van der Waals surface area contributed by atoms with E-state index in [4.69, 9.17) is 9.84 Å². The lowest BCUT2D eigenvalue weighted by Gasteiger charge is -2.27. The molecule has 1 aliphatic heterocycles. The van der Waals surface area contributed by atoms with Crippen LogP contribution in [0.4, 0.5) is 22.7 Å². The standard InChI is InChI=1S/C28H35N5O2/c1-6-35-28(34)27(31(4)26-16-10-9-15-25(26)30(2)3)29-32(5)23-17-18-24(33-19-11-12-20-33)22-14-8-7-13-21(22)23/h7-10,13-18H,6,11-12,19-20H2,1-5H3/b29-27+. The summed E-state index contributed by atoms with van der Waals surface area (Å²) in [4.78, 5) is 19.3. The van der Waals surface area contributed by atoms with Gasteiger partial charge in [-0.2, -0.15) is 0 Å². The molecule has 35 heavy (non-hydrogen) atoms. The Hall–Kier alpha value is -3.74. The van der Waals surface area contributed by atoms with E-state index in [9.17, 15) is 4.79 Å². The van der Waals surface area contributed by atoms with Crippen molar-refractivity contribution in [3.05, 3.63) is 60.7 Å². The minimum absolute atomic E-state index is 0.219. The number of para-hydroxylation sites is 2. The molecule has 7 nitrogen and oxygen atoms in total. The lowest BCUT2D eigenvalue weighted by molar-refractivity contribution is -0.135. The molecule has 0 bridgehead atoms. The topological polar surface area (TPSA) is 51.6 Å². The summed E-state index contributed by atoms with van der Waals surface area (Å²) in [6, 6.07) is 20.6. The highest BCUT2D eigenvalue weighted by Gasteiger charge is 2.24. The van der Waals surface area contributed by atoms with Crippen LogP contribution in [-0.4, -0.2) is 59.7 Å². The van der Waals surface area contributed by atoms with Gasteiger partial charge in [0.2, 0.25) is 5.84 Å². The average Bonchev–Trinajstić information content (AvgIpc) is 3.41.